The maximum atomic E-state index is 13.4. The van der Waals surface area contributed by atoms with Gasteiger partial charge >= 0.3 is 0 Å². The summed E-state index contributed by atoms with van der Waals surface area (Å²) in [5, 5.41) is 3.05. The molecule has 1 N–H and O–H groups in total. The Balaban J connectivity index is 1.91. The lowest BCUT2D eigenvalue weighted by atomic mass is 9.97. The standard InChI is InChI=1S/C21H21ClN4O2/c1-24(2)18(27)12-16-19-15-10-9-13(22)11-17(15)25(3)20(19)21(28)26(23-16)14-7-5-4-6-8-14/h4-11,16,23H,12H2,1-3H3. The molecule has 3 aromatic rings. The Hall–Kier alpha value is -2.83. The van der Waals surface area contributed by atoms with Crippen molar-refractivity contribution in [2.24, 2.45) is 7.05 Å². The van der Waals surface area contributed by atoms with Crippen LogP contribution in [0.2, 0.25) is 5.02 Å². The normalized spacial score (nSPS) is 16.4. The summed E-state index contributed by atoms with van der Waals surface area (Å²) in [6, 6.07) is 14.6. The molecule has 144 valence electrons. The lowest BCUT2D eigenvalue weighted by Gasteiger charge is -2.34. The van der Waals surface area contributed by atoms with E-state index in [1.807, 2.05) is 60.1 Å². The van der Waals surface area contributed by atoms with Crippen LogP contribution in [-0.2, 0) is 11.8 Å². The van der Waals surface area contributed by atoms with Gasteiger partial charge in [-0.15, -0.1) is 0 Å². The van der Waals surface area contributed by atoms with Gasteiger partial charge in [0.15, 0.2) is 0 Å². The van der Waals surface area contributed by atoms with E-state index in [0.29, 0.717) is 10.7 Å². The summed E-state index contributed by atoms with van der Waals surface area (Å²) in [4.78, 5) is 27.4. The van der Waals surface area contributed by atoms with E-state index in [1.54, 1.807) is 19.0 Å². The van der Waals surface area contributed by atoms with Gasteiger partial charge in [0.05, 0.1) is 17.2 Å². The number of nitrogens with one attached hydrogen (secondary N) is 1. The molecule has 0 saturated carbocycles. The third-order valence-corrected chi connectivity index (χ3v) is 5.37. The minimum Gasteiger partial charge on any atom is -0.349 e. The highest BCUT2D eigenvalue weighted by molar-refractivity contribution is 6.31. The first-order valence-corrected chi connectivity index (χ1v) is 9.40. The maximum Gasteiger partial charge on any atom is 0.289 e. The van der Waals surface area contributed by atoms with E-state index < -0.39 is 0 Å². The molecule has 6 nitrogen and oxygen atoms in total. The molecular formula is C21H21ClN4O2. The Morgan fingerprint density at radius 2 is 1.89 bits per heavy atom. The fourth-order valence-corrected chi connectivity index (χ4v) is 3.88. The van der Waals surface area contributed by atoms with E-state index in [-0.39, 0.29) is 24.3 Å². The Morgan fingerprint density at radius 3 is 2.57 bits per heavy atom. The van der Waals surface area contributed by atoms with Gasteiger partial charge in [-0.05, 0) is 24.3 Å². The van der Waals surface area contributed by atoms with Crippen LogP contribution in [0.3, 0.4) is 0 Å². The SMILES string of the molecule is CN(C)C(=O)CC1NN(c2ccccc2)C(=O)c2c1c1ccc(Cl)cc1n2C. The van der Waals surface area contributed by atoms with Gasteiger partial charge in [-0.1, -0.05) is 35.9 Å². The van der Waals surface area contributed by atoms with E-state index in [0.717, 1.165) is 22.2 Å². The van der Waals surface area contributed by atoms with Crippen LogP contribution >= 0.6 is 11.6 Å². The topological polar surface area (TPSA) is 57.6 Å². The molecule has 0 spiro atoms. The molecule has 0 bridgehead atoms. The van der Waals surface area contributed by atoms with E-state index in [1.165, 1.54) is 5.01 Å². The molecule has 28 heavy (non-hydrogen) atoms. The summed E-state index contributed by atoms with van der Waals surface area (Å²) < 4.78 is 1.86. The molecule has 1 atom stereocenters. The minimum atomic E-state index is -0.340. The molecule has 1 aliphatic rings. The second-order valence-electron chi connectivity index (χ2n) is 7.13. The second kappa shape index (κ2) is 6.96. The summed E-state index contributed by atoms with van der Waals surface area (Å²) >= 11 is 6.19. The quantitative estimate of drug-likeness (QED) is 0.737. The van der Waals surface area contributed by atoms with E-state index in [2.05, 4.69) is 5.43 Å². The van der Waals surface area contributed by atoms with Crippen molar-refractivity contribution in [3.8, 4) is 0 Å². The van der Waals surface area contributed by atoms with Crippen molar-refractivity contribution in [3.05, 3.63) is 64.8 Å². The molecule has 1 aliphatic heterocycles. The summed E-state index contributed by atoms with van der Waals surface area (Å²) in [6.45, 7) is 0. The van der Waals surface area contributed by atoms with E-state index in [9.17, 15) is 9.59 Å². The van der Waals surface area contributed by atoms with Crippen LogP contribution in [0.1, 0.15) is 28.5 Å². The number of benzene rings is 2. The first kappa shape index (κ1) is 18.5. The largest absolute Gasteiger partial charge is 0.349 e. The molecule has 7 heteroatoms. The van der Waals surface area contributed by atoms with Crippen molar-refractivity contribution in [3.63, 3.8) is 0 Å². The van der Waals surface area contributed by atoms with Crippen LogP contribution in [-0.4, -0.2) is 35.4 Å². The number of rotatable bonds is 3. The van der Waals surface area contributed by atoms with Crippen LogP contribution in [0.25, 0.3) is 10.9 Å². The third-order valence-electron chi connectivity index (χ3n) is 5.13. The fraction of sp³-hybridized carbons (Fsp3) is 0.238. The number of halogens is 1. The Bertz CT molecular complexity index is 1070. The van der Waals surface area contributed by atoms with Gasteiger partial charge in [0, 0.05) is 43.5 Å². The average Bonchev–Trinajstić information content (AvgIpc) is 2.97. The smallest absolute Gasteiger partial charge is 0.289 e. The van der Waals surface area contributed by atoms with E-state index >= 15 is 0 Å². The van der Waals surface area contributed by atoms with Gasteiger partial charge in [-0.3, -0.25) is 9.59 Å². The van der Waals surface area contributed by atoms with Crippen LogP contribution in [0.15, 0.2) is 48.5 Å². The first-order valence-electron chi connectivity index (χ1n) is 9.02. The number of hydrazine groups is 1. The molecule has 2 heterocycles. The molecule has 0 saturated heterocycles. The monoisotopic (exact) mass is 396 g/mol. The van der Waals surface area contributed by atoms with Crippen molar-refractivity contribution in [2.45, 2.75) is 12.5 Å². The van der Waals surface area contributed by atoms with Crippen molar-refractivity contribution >= 4 is 40.0 Å². The molecule has 0 fully saturated rings. The number of hydrogen-bond acceptors (Lipinski definition) is 3. The first-order chi connectivity index (χ1) is 13.4. The summed E-state index contributed by atoms with van der Waals surface area (Å²) in [5.74, 6) is -0.179. The number of hydrogen-bond donors (Lipinski definition) is 1. The molecule has 2 aromatic carbocycles. The number of aryl methyl sites for hydroxylation is 1. The van der Waals surface area contributed by atoms with Gasteiger partial charge in [0.2, 0.25) is 5.91 Å². The predicted molar refractivity (Wildman–Crippen MR) is 110 cm³/mol. The number of aromatic nitrogens is 1. The number of amides is 2. The number of nitrogens with zero attached hydrogens (tertiary/aromatic N) is 3. The van der Waals surface area contributed by atoms with Crippen molar-refractivity contribution < 1.29 is 9.59 Å². The molecule has 1 aromatic heterocycles. The summed E-state index contributed by atoms with van der Waals surface area (Å²) in [6.07, 6.45) is 0.234. The zero-order chi connectivity index (χ0) is 20.0. The molecule has 1 unspecified atom stereocenters. The second-order valence-corrected chi connectivity index (χ2v) is 7.57. The van der Waals surface area contributed by atoms with Crippen LogP contribution < -0.4 is 10.4 Å². The third kappa shape index (κ3) is 2.95. The van der Waals surface area contributed by atoms with Gasteiger partial charge < -0.3 is 9.47 Å². The summed E-state index contributed by atoms with van der Waals surface area (Å²) in [5.41, 5.74) is 6.26. The Labute approximate surface area is 168 Å². The number of carbonyl (C=O) groups excluding carboxylic acids is 2. The molecule has 0 aliphatic carbocycles. The fourth-order valence-electron chi connectivity index (χ4n) is 3.71. The van der Waals surface area contributed by atoms with Gasteiger partial charge in [-0.25, -0.2) is 10.4 Å². The molecule has 2 amide bonds. The lowest BCUT2D eigenvalue weighted by molar-refractivity contribution is -0.129. The average molecular weight is 397 g/mol. The Kier molecular flexibility index (Phi) is 4.61. The highest BCUT2D eigenvalue weighted by Gasteiger charge is 2.37. The number of fused-ring (bicyclic) bond motifs is 3. The van der Waals surface area contributed by atoms with Gasteiger partial charge in [0.25, 0.3) is 5.91 Å². The number of anilines is 1. The Morgan fingerprint density at radius 1 is 1.18 bits per heavy atom. The van der Waals surface area contributed by atoms with Crippen molar-refractivity contribution in [2.75, 3.05) is 19.1 Å². The maximum absolute atomic E-state index is 13.4. The predicted octanol–water partition coefficient (Wildman–Crippen LogP) is 3.52. The van der Waals surface area contributed by atoms with Crippen molar-refractivity contribution in [1.82, 2.24) is 14.9 Å². The number of para-hydroxylation sites is 1. The number of carbonyl (C=O) groups is 2. The summed E-state index contributed by atoms with van der Waals surface area (Å²) in [7, 11) is 5.32. The van der Waals surface area contributed by atoms with E-state index in [4.69, 9.17) is 11.6 Å². The molecule has 0 radical (unpaired) electrons. The zero-order valence-corrected chi connectivity index (χ0v) is 16.7. The van der Waals surface area contributed by atoms with Gasteiger partial charge in [-0.2, -0.15) is 0 Å². The highest BCUT2D eigenvalue weighted by Crippen LogP contribution is 2.38. The van der Waals surface area contributed by atoms with Crippen LogP contribution in [0.4, 0.5) is 5.69 Å². The lowest BCUT2D eigenvalue weighted by Crippen LogP contribution is -2.51. The highest BCUT2D eigenvalue weighted by atomic mass is 35.5. The van der Waals surface area contributed by atoms with Crippen LogP contribution in [0.5, 0.6) is 0 Å². The van der Waals surface area contributed by atoms with Gasteiger partial charge in [0.1, 0.15) is 5.69 Å². The van der Waals surface area contributed by atoms with Crippen molar-refractivity contribution in [1.29, 1.82) is 0 Å². The molecule has 4 rings (SSSR count). The zero-order valence-electron chi connectivity index (χ0n) is 15.9. The molecular weight excluding hydrogens is 376 g/mol. The minimum absolute atomic E-state index is 0.0169. The van der Waals surface area contributed by atoms with Crippen LogP contribution in [0, 0.1) is 0 Å².